The van der Waals surface area contributed by atoms with Gasteiger partial charge in [0, 0.05) is 61.5 Å². The van der Waals surface area contributed by atoms with E-state index >= 15 is 0 Å². The zero-order chi connectivity index (χ0) is 46.6. The Morgan fingerprint density at radius 3 is 1.53 bits per heavy atom. The first-order valence-corrected chi connectivity index (χ1v) is 25.2. The lowest BCUT2D eigenvalue weighted by molar-refractivity contribution is 0.0786. The van der Waals surface area contributed by atoms with E-state index in [2.05, 4.69) is 61.1 Å². The Bertz CT molecular complexity index is 2740. The van der Waals surface area contributed by atoms with Crippen LogP contribution in [0.2, 0.25) is 25.7 Å². The summed E-state index contributed by atoms with van der Waals surface area (Å²) >= 11 is 3.23. The summed E-state index contributed by atoms with van der Waals surface area (Å²) < 4.78 is 64.1. The van der Waals surface area contributed by atoms with Gasteiger partial charge in [0.1, 0.15) is 30.0 Å². The molecule has 0 aliphatic carbocycles. The second-order valence-electron chi connectivity index (χ2n) is 16.7. The number of rotatable bonds is 10. The number of aromatic nitrogens is 8. The van der Waals surface area contributed by atoms with E-state index in [1.807, 2.05) is 53.9 Å². The zero-order valence-corrected chi connectivity index (χ0v) is 40.3. The Labute approximate surface area is 382 Å². The van der Waals surface area contributed by atoms with Crippen LogP contribution >= 0.6 is 15.9 Å². The van der Waals surface area contributed by atoms with Crippen LogP contribution < -0.4 is 0 Å². The number of aromatic amines is 1. The van der Waals surface area contributed by atoms with E-state index in [1.165, 1.54) is 24.3 Å². The number of hydrogen-bond acceptors (Lipinski definition) is 5. The zero-order valence-electron chi connectivity index (χ0n) is 37.7. The fourth-order valence-electron chi connectivity index (χ4n) is 6.19. The van der Waals surface area contributed by atoms with Gasteiger partial charge in [-0.1, -0.05) is 53.8 Å². The maximum atomic E-state index is 13.3. The van der Waals surface area contributed by atoms with Gasteiger partial charge < -0.3 is 4.74 Å². The molecular weight excluding hydrogens is 901 g/mol. The summed E-state index contributed by atoms with van der Waals surface area (Å²) in [6, 6.07) is 23.3. The van der Waals surface area contributed by atoms with Gasteiger partial charge >= 0.3 is 0 Å². The van der Waals surface area contributed by atoms with Crippen molar-refractivity contribution in [1.29, 1.82) is 0 Å². The Morgan fingerprint density at radius 2 is 1.09 bits per heavy atom. The normalized spacial score (nSPS) is 11.0. The van der Waals surface area contributed by atoms with Gasteiger partial charge in [0.15, 0.2) is 0 Å². The van der Waals surface area contributed by atoms with Crippen molar-refractivity contribution < 1.29 is 22.3 Å². The van der Waals surface area contributed by atoms with Crippen molar-refractivity contribution in [1.82, 2.24) is 39.5 Å². The molecule has 4 aromatic heterocycles. The highest BCUT2D eigenvalue weighted by Crippen LogP contribution is 2.24. The Hall–Kier alpha value is -5.90. The molecule has 0 spiro atoms. The summed E-state index contributed by atoms with van der Waals surface area (Å²) in [6.45, 7) is 17.9. The molecule has 9 nitrogen and oxygen atoms in total. The molecule has 8 aromatic rings. The molecule has 1 N–H and O–H groups in total. The average molecular weight is 956 g/mol. The van der Waals surface area contributed by atoms with Crippen molar-refractivity contribution in [2.24, 2.45) is 7.05 Å². The molecule has 336 valence electrons. The largest absolute Gasteiger partial charge is 0.360 e. The molecule has 64 heavy (non-hydrogen) atoms. The summed E-state index contributed by atoms with van der Waals surface area (Å²) in [5.74, 6) is -0.692. The Balaban J connectivity index is 0.000000168. The average Bonchev–Trinajstić information content (AvgIpc) is 4.09. The fourth-order valence-corrected chi connectivity index (χ4v) is 7.42. The number of nitrogens with zero attached hydrogens (tertiary/aromatic N) is 7. The van der Waals surface area contributed by atoms with E-state index in [0.29, 0.717) is 35.5 Å². The maximum Gasteiger partial charge on any atom is 0.139 e. The lowest BCUT2D eigenvalue weighted by Crippen LogP contribution is -2.22. The molecule has 0 atom stereocenters. The number of hydrogen-bond donors (Lipinski definition) is 1. The molecule has 4 heterocycles. The minimum atomic E-state index is -1.04. The van der Waals surface area contributed by atoms with Crippen LogP contribution in [0.3, 0.4) is 0 Å². The standard InChI is InChI=1S/C16H17FN4.C16H23FN2OSi.C10H9FN2.C7H6BrF/c1-11-6-13(4-5-16(11)17)14-8-18-21(9-14)10-15-7-12(2)19-20(15)3;1-13-9-14(5-6-16(13)17)15-10-18-19(11-15)12-20-7-8-21(2,3)4;1-7-4-8(2-3-10(7)11)9-5-12-13-6-9;1-5-4-6(8)2-3-7(5)9/h4-9H,10H2,1-3H3;5-6,9-11H,7-8,12H2,1-4H3;2-6H,1H3,(H,12,13);2-4H,1H3. The van der Waals surface area contributed by atoms with Crippen molar-refractivity contribution in [2.45, 2.75) is 73.6 Å². The van der Waals surface area contributed by atoms with Gasteiger partial charge in [0.2, 0.25) is 0 Å². The van der Waals surface area contributed by atoms with E-state index in [0.717, 1.165) is 61.9 Å². The maximum absolute atomic E-state index is 13.3. The van der Waals surface area contributed by atoms with E-state index in [4.69, 9.17) is 4.74 Å². The van der Waals surface area contributed by atoms with Crippen LogP contribution in [0.4, 0.5) is 17.6 Å². The highest BCUT2D eigenvalue weighted by atomic mass is 79.9. The third-order valence-corrected chi connectivity index (χ3v) is 12.2. The first-order chi connectivity index (χ1) is 30.3. The van der Waals surface area contributed by atoms with Crippen molar-refractivity contribution in [3.63, 3.8) is 0 Å². The van der Waals surface area contributed by atoms with Gasteiger partial charge in [0.25, 0.3) is 0 Å². The van der Waals surface area contributed by atoms with Gasteiger partial charge in [0.05, 0.1) is 36.5 Å². The third-order valence-electron chi connectivity index (χ3n) is 10.0. The van der Waals surface area contributed by atoms with E-state index < -0.39 is 8.07 Å². The van der Waals surface area contributed by atoms with Crippen molar-refractivity contribution in [3.8, 4) is 33.4 Å². The molecule has 0 saturated carbocycles. The van der Waals surface area contributed by atoms with E-state index in [-0.39, 0.29) is 23.3 Å². The quantitative estimate of drug-likeness (QED) is 0.0838. The number of benzene rings is 4. The van der Waals surface area contributed by atoms with Gasteiger partial charge in [-0.2, -0.15) is 20.4 Å². The summed E-state index contributed by atoms with van der Waals surface area (Å²) in [4.78, 5) is 0. The van der Waals surface area contributed by atoms with Crippen LogP contribution in [0.25, 0.3) is 33.4 Å². The summed E-state index contributed by atoms with van der Waals surface area (Å²) in [5.41, 5.74) is 10.6. The number of aryl methyl sites for hydroxylation is 6. The SMILES string of the molecule is Cc1cc(-c2cn[nH]c2)ccc1F.Cc1cc(-c2cnn(COCC[Si](C)(C)C)c2)ccc1F.Cc1cc(Br)ccc1F.Cc1cc(Cn2cc(-c3ccc(F)c(C)c3)cn2)n(C)n1. The molecule has 0 fully saturated rings. The van der Waals surface area contributed by atoms with Crippen molar-refractivity contribution in [3.05, 3.63) is 177 Å². The molecule has 15 heteroatoms. The topological polar surface area (TPSA) is 91.4 Å². The number of nitrogens with one attached hydrogen (secondary N) is 1. The molecule has 0 unspecified atom stereocenters. The summed E-state index contributed by atoms with van der Waals surface area (Å²) in [7, 11) is 0.882. The monoisotopic (exact) mass is 954 g/mol. The van der Waals surface area contributed by atoms with Crippen LogP contribution in [0.5, 0.6) is 0 Å². The summed E-state index contributed by atoms with van der Waals surface area (Å²) in [6.07, 6.45) is 11.0. The minimum Gasteiger partial charge on any atom is -0.360 e. The van der Waals surface area contributed by atoms with Crippen LogP contribution in [0.15, 0.2) is 121 Å². The highest BCUT2D eigenvalue weighted by molar-refractivity contribution is 9.10. The van der Waals surface area contributed by atoms with Crippen LogP contribution in [-0.4, -0.2) is 54.2 Å². The molecule has 4 aromatic carbocycles. The van der Waals surface area contributed by atoms with E-state index in [9.17, 15) is 17.6 Å². The van der Waals surface area contributed by atoms with E-state index in [1.54, 1.807) is 93.6 Å². The highest BCUT2D eigenvalue weighted by Gasteiger charge is 2.13. The summed E-state index contributed by atoms with van der Waals surface area (Å²) in [5, 5.41) is 19.5. The predicted octanol–water partition coefficient (Wildman–Crippen LogP) is 12.8. The van der Waals surface area contributed by atoms with Crippen LogP contribution in [0, 0.1) is 57.9 Å². The molecule has 8 rings (SSSR count). The molecule has 0 saturated heterocycles. The minimum absolute atomic E-state index is 0.154. The lowest BCUT2D eigenvalue weighted by atomic mass is 10.1. The van der Waals surface area contributed by atoms with Gasteiger partial charge in [-0.25, -0.2) is 22.2 Å². The molecular formula is C49H55BrF4N8OSi. The molecule has 0 aliphatic heterocycles. The first-order valence-electron chi connectivity index (χ1n) is 20.7. The second-order valence-corrected chi connectivity index (χ2v) is 23.3. The Morgan fingerprint density at radius 1 is 0.609 bits per heavy atom. The second kappa shape index (κ2) is 22.6. The van der Waals surface area contributed by atoms with Crippen molar-refractivity contribution >= 4 is 24.0 Å². The van der Waals surface area contributed by atoms with Crippen molar-refractivity contribution in [2.75, 3.05) is 6.61 Å². The molecule has 0 radical (unpaired) electrons. The number of halogens is 5. The third kappa shape index (κ3) is 14.8. The van der Waals surface area contributed by atoms with Crippen LogP contribution in [0.1, 0.15) is 33.6 Å². The van der Waals surface area contributed by atoms with Crippen LogP contribution in [-0.2, 0) is 25.1 Å². The van der Waals surface area contributed by atoms with Gasteiger partial charge in [-0.3, -0.25) is 14.5 Å². The smallest absolute Gasteiger partial charge is 0.139 e. The molecule has 0 amide bonds. The number of ether oxygens (including phenoxy) is 1. The fraction of sp³-hybridized carbons (Fsp3) is 0.265. The molecule has 0 bridgehead atoms. The molecule has 0 aliphatic rings. The lowest BCUT2D eigenvalue weighted by Gasteiger charge is -2.15. The Kier molecular flexibility index (Phi) is 17.4. The van der Waals surface area contributed by atoms with Gasteiger partial charge in [-0.15, -0.1) is 0 Å². The van der Waals surface area contributed by atoms with Gasteiger partial charge in [-0.05, 0) is 140 Å². The first kappa shape index (κ1) is 49.1. The predicted molar refractivity (Wildman–Crippen MR) is 253 cm³/mol. The number of H-pyrrole nitrogens is 1.